The van der Waals surface area contributed by atoms with Crippen molar-refractivity contribution in [2.75, 3.05) is 23.1 Å². The minimum absolute atomic E-state index is 0.0503. The molecule has 0 bridgehead atoms. The SMILES string of the molecule is Cc1cc(C(=O)COC(=O)c2ccc(N3NC(=O)CCC3=O)cc2)c(C)n1C1CCS(=O)(=O)C1. The van der Waals surface area contributed by atoms with Crippen LogP contribution in [0, 0.1) is 13.8 Å². The van der Waals surface area contributed by atoms with Crippen LogP contribution in [0.2, 0.25) is 0 Å². The third-order valence-corrected chi connectivity index (χ3v) is 7.86. The number of aromatic nitrogens is 1. The molecule has 11 heteroatoms. The van der Waals surface area contributed by atoms with Crippen molar-refractivity contribution in [1.82, 2.24) is 9.99 Å². The lowest BCUT2D eigenvalue weighted by molar-refractivity contribution is -0.130. The highest BCUT2D eigenvalue weighted by Crippen LogP contribution is 2.29. The number of anilines is 1. The number of Topliss-reactive ketones (excluding diaryl/α,β-unsaturated/α-hetero) is 1. The standard InChI is InChI=1S/C23H25N3O7S/c1-14-11-19(15(2)25(14)18-9-10-34(31,32)13-18)20(27)12-33-23(30)16-3-5-17(6-4-16)26-22(29)8-7-21(28)24-26/h3-6,11,18H,7-10,12-13H2,1-2H3,(H,24,28). The van der Waals surface area contributed by atoms with E-state index in [1.54, 1.807) is 13.0 Å². The van der Waals surface area contributed by atoms with Gasteiger partial charge in [-0.25, -0.2) is 18.2 Å². The average molecular weight is 488 g/mol. The first-order valence-corrected chi connectivity index (χ1v) is 12.7. The molecule has 1 N–H and O–H groups in total. The van der Waals surface area contributed by atoms with Gasteiger partial charge >= 0.3 is 5.97 Å². The van der Waals surface area contributed by atoms with Crippen molar-refractivity contribution >= 4 is 39.1 Å². The second-order valence-electron chi connectivity index (χ2n) is 8.52. The lowest BCUT2D eigenvalue weighted by atomic mass is 10.1. The Bertz CT molecular complexity index is 1280. The first kappa shape index (κ1) is 23.7. The summed E-state index contributed by atoms with van der Waals surface area (Å²) in [5, 5.41) is 1.13. The minimum Gasteiger partial charge on any atom is -0.454 e. The Balaban J connectivity index is 1.40. The zero-order valence-electron chi connectivity index (χ0n) is 18.9. The van der Waals surface area contributed by atoms with Crippen molar-refractivity contribution in [3.05, 3.63) is 52.8 Å². The maximum atomic E-state index is 12.7. The summed E-state index contributed by atoms with van der Waals surface area (Å²) in [6.45, 7) is 3.11. The van der Waals surface area contributed by atoms with E-state index in [0.717, 1.165) is 10.7 Å². The highest BCUT2D eigenvalue weighted by molar-refractivity contribution is 7.91. The molecule has 2 aliphatic rings. The fourth-order valence-corrected chi connectivity index (χ4v) is 6.12. The van der Waals surface area contributed by atoms with E-state index >= 15 is 0 Å². The topological polar surface area (TPSA) is 132 Å². The summed E-state index contributed by atoms with van der Waals surface area (Å²) >= 11 is 0. The fourth-order valence-electron chi connectivity index (χ4n) is 4.42. The first-order chi connectivity index (χ1) is 16.1. The fraction of sp³-hybridized carbons (Fsp3) is 0.391. The summed E-state index contributed by atoms with van der Waals surface area (Å²) in [5.41, 5.74) is 4.90. The third kappa shape index (κ3) is 4.74. The summed E-state index contributed by atoms with van der Waals surface area (Å²) in [6.07, 6.45) is 0.745. The lowest BCUT2D eigenvalue weighted by Gasteiger charge is -2.27. The van der Waals surface area contributed by atoms with Crippen molar-refractivity contribution in [2.24, 2.45) is 0 Å². The zero-order valence-corrected chi connectivity index (χ0v) is 19.7. The van der Waals surface area contributed by atoms with Crippen LogP contribution in [0.4, 0.5) is 5.69 Å². The van der Waals surface area contributed by atoms with Gasteiger partial charge in [-0.05, 0) is 50.6 Å². The molecule has 2 fully saturated rings. The van der Waals surface area contributed by atoms with Gasteiger partial charge < -0.3 is 9.30 Å². The van der Waals surface area contributed by atoms with E-state index in [-0.39, 0.29) is 53.6 Å². The predicted octanol–water partition coefficient (Wildman–Crippen LogP) is 1.66. The molecule has 34 heavy (non-hydrogen) atoms. The second kappa shape index (κ2) is 9.05. The Morgan fingerprint density at radius 3 is 2.47 bits per heavy atom. The number of hydrazine groups is 1. The highest BCUT2D eigenvalue weighted by atomic mass is 32.2. The number of esters is 1. The average Bonchev–Trinajstić information content (AvgIpc) is 3.30. The van der Waals surface area contributed by atoms with Crippen molar-refractivity contribution in [3.8, 4) is 0 Å². The molecular formula is C23H25N3O7S. The quantitative estimate of drug-likeness (QED) is 0.484. The number of nitrogens with zero attached hydrogens (tertiary/aromatic N) is 2. The molecule has 4 rings (SSSR count). The molecule has 2 amide bonds. The maximum Gasteiger partial charge on any atom is 0.338 e. The van der Waals surface area contributed by atoms with Crippen LogP contribution < -0.4 is 10.4 Å². The lowest BCUT2D eigenvalue weighted by Crippen LogP contribution is -2.50. The number of rotatable bonds is 6. The molecule has 3 heterocycles. The van der Waals surface area contributed by atoms with E-state index < -0.39 is 22.4 Å². The number of hydrogen-bond acceptors (Lipinski definition) is 7. The number of sulfone groups is 1. The number of aryl methyl sites for hydroxylation is 1. The summed E-state index contributed by atoms with van der Waals surface area (Å²) in [5.74, 6) is -1.43. The van der Waals surface area contributed by atoms with Crippen LogP contribution in [0.1, 0.15) is 57.4 Å². The number of nitrogens with one attached hydrogen (secondary N) is 1. The molecule has 10 nitrogen and oxygen atoms in total. The Morgan fingerprint density at radius 1 is 1.12 bits per heavy atom. The van der Waals surface area contributed by atoms with Gasteiger partial charge in [0, 0.05) is 35.8 Å². The van der Waals surface area contributed by atoms with Crippen molar-refractivity contribution < 1.29 is 32.3 Å². The van der Waals surface area contributed by atoms with E-state index in [1.165, 1.54) is 24.3 Å². The number of ketones is 1. The molecule has 0 saturated carbocycles. The van der Waals surface area contributed by atoms with Gasteiger partial charge in [0.25, 0.3) is 0 Å². The van der Waals surface area contributed by atoms with Crippen LogP contribution in [0.3, 0.4) is 0 Å². The number of amides is 2. The second-order valence-corrected chi connectivity index (χ2v) is 10.8. The molecule has 2 aliphatic heterocycles. The summed E-state index contributed by atoms with van der Waals surface area (Å²) in [6, 6.07) is 7.39. The number of ether oxygens (including phenoxy) is 1. The zero-order chi connectivity index (χ0) is 24.6. The van der Waals surface area contributed by atoms with Gasteiger partial charge in [0.2, 0.25) is 17.6 Å². The van der Waals surface area contributed by atoms with Gasteiger partial charge in [-0.3, -0.25) is 19.8 Å². The molecule has 1 unspecified atom stereocenters. The minimum atomic E-state index is -3.07. The molecule has 1 aromatic heterocycles. The first-order valence-electron chi connectivity index (χ1n) is 10.9. The number of hydrogen-bond donors (Lipinski definition) is 1. The smallest absolute Gasteiger partial charge is 0.338 e. The molecule has 1 atom stereocenters. The van der Waals surface area contributed by atoms with Crippen LogP contribution >= 0.6 is 0 Å². The summed E-state index contributed by atoms with van der Waals surface area (Å²) in [4.78, 5) is 48.7. The van der Waals surface area contributed by atoms with E-state index in [4.69, 9.17) is 4.74 Å². The normalized spacial score (nSPS) is 19.7. The number of carbonyl (C=O) groups excluding carboxylic acids is 4. The van der Waals surface area contributed by atoms with E-state index in [0.29, 0.717) is 23.4 Å². The van der Waals surface area contributed by atoms with E-state index in [1.807, 2.05) is 11.5 Å². The van der Waals surface area contributed by atoms with Crippen molar-refractivity contribution in [2.45, 2.75) is 39.2 Å². The van der Waals surface area contributed by atoms with E-state index in [9.17, 15) is 27.6 Å². The van der Waals surface area contributed by atoms with Crippen LogP contribution in [-0.2, 0) is 24.2 Å². The molecule has 180 valence electrons. The molecule has 0 radical (unpaired) electrons. The largest absolute Gasteiger partial charge is 0.454 e. The molecule has 0 spiro atoms. The predicted molar refractivity (Wildman–Crippen MR) is 122 cm³/mol. The van der Waals surface area contributed by atoms with Crippen LogP contribution in [0.5, 0.6) is 0 Å². The van der Waals surface area contributed by atoms with Gasteiger partial charge in [0.1, 0.15) is 0 Å². The number of benzene rings is 1. The monoisotopic (exact) mass is 487 g/mol. The molecule has 1 aromatic carbocycles. The number of carbonyl (C=O) groups is 4. The van der Waals surface area contributed by atoms with Gasteiger partial charge in [-0.1, -0.05) is 0 Å². The maximum absolute atomic E-state index is 12.7. The van der Waals surface area contributed by atoms with Crippen LogP contribution in [0.15, 0.2) is 30.3 Å². The Hall–Kier alpha value is -3.47. The van der Waals surface area contributed by atoms with Crippen LogP contribution in [0.25, 0.3) is 0 Å². The van der Waals surface area contributed by atoms with Gasteiger partial charge in [-0.15, -0.1) is 0 Å². The summed E-state index contributed by atoms with van der Waals surface area (Å²) in [7, 11) is -3.07. The Kier molecular flexibility index (Phi) is 6.30. The van der Waals surface area contributed by atoms with Gasteiger partial charge in [-0.2, -0.15) is 0 Å². The van der Waals surface area contributed by atoms with Crippen molar-refractivity contribution in [1.29, 1.82) is 0 Å². The van der Waals surface area contributed by atoms with Gasteiger partial charge in [0.15, 0.2) is 16.4 Å². The van der Waals surface area contributed by atoms with Crippen LogP contribution in [-0.4, -0.2) is 54.7 Å². The summed E-state index contributed by atoms with van der Waals surface area (Å²) < 4.78 is 30.8. The molecular weight excluding hydrogens is 462 g/mol. The Labute approximate surface area is 196 Å². The molecule has 2 saturated heterocycles. The van der Waals surface area contributed by atoms with Crippen molar-refractivity contribution in [3.63, 3.8) is 0 Å². The Morgan fingerprint density at radius 2 is 1.82 bits per heavy atom. The molecule has 0 aliphatic carbocycles. The molecule has 2 aromatic rings. The van der Waals surface area contributed by atoms with E-state index in [2.05, 4.69) is 5.43 Å². The van der Waals surface area contributed by atoms with Gasteiger partial charge in [0.05, 0.1) is 22.8 Å². The highest BCUT2D eigenvalue weighted by Gasteiger charge is 2.32. The third-order valence-electron chi connectivity index (χ3n) is 6.11.